The molecule has 19 heavy (non-hydrogen) atoms. The number of nitrogen functional groups attached to an aromatic ring is 1. The van der Waals surface area contributed by atoms with E-state index in [1.165, 1.54) is 12.1 Å². The number of hydrogen-bond acceptors (Lipinski definition) is 2. The van der Waals surface area contributed by atoms with E-state index in [2.05, 4.69) is 5.32 Å². The quantitative estimate of drug-likeness (QED) is 0.824. The normalized spacial score (nSPS) is 10.3. The minimum atomic E-state index is -0.501. The average Bonchev–Trinajstić information content (AvgIpc) is 2.37. The van der Waals surface area contributed by atoms with E-state index in [9.17, 15) is 9.18 Å². The molecule has 0 aliphatic heterocycles. The third-order valence-corrected chi connectivity index (χ3v) is 3.07. The molecule has 3 N–H and O–H groups in total. The van der Waals surface area contributed by atoms with Gasteiger partial charge in [-0.15, -0.1) is 0 Å². The molecule has 0 saturated carbocycles. The number of amides is 1. The molecule has 0 fully saturated rings. The molecule has 0 aliphatic rings. The predicted octanol–water partition coefficient (Wildman–Crippen LogP) is 3.62. The Hall–Kier alpha value is -2.07. The zero-order valence-corrected chi connectivity index (χ0v) is 11.0. The monoisotopic (exact) mass is 278 g/mol. The van der Waals surface area contributed by atoms with Crippen LogP contribution in [0.1, 0.15) is 15.9 Å². The zero-order valence-electron chi connectivity index (χ0n) is 10.2. The Morgan fingerprint density at radius 1 is 1.32 bits per heavy atom. The molecule has 0 bridgehead atoms. The number of halogens is 2. The molecule has 0 atom stereocenters. The van der Waals surface area contributed by atoms with Crippen molar-refractivity contribution in [2.45, 2.75) is 6.92 Å². The van der Waals surface area contributed by atoms with Crippen molar-refractivity contribution in [1.29, 1.82) is 0 Å². The summed E-state index contributed by atoms with van der Waals surface area (Å²) >= 11 is 5.95. The third kappa shape index (κ3) is 2.85. The van der Waals surface area contributed by atoms with Crippen LogP contribution in [0.15, 0.2) is 36.4 Å². The van der Waals surface area contributed by atoms with Crippen molar-refractivity contribution in [2.24, 2.45) is 0 Å². The summed E-state index contributed by atoms with van der Waals surface area (Å²) in [6.07, 6.45) is 0. The van der Waals surface area contributed by atoms with Gasteiger partial charge >= 0.3 is 0 Å². The molecular formula is C14H12ClFN2O. The number of aryl methyl sites for hydroxylation is 1. The lowest BCUT2D eigenvalue weighted by atomic mass is 10.1. The molecule has 0 spiro atoms. The number of hydrogen-bond donors (Lipinski definition) is 2. The Bertz CT molecular complexity index is 643. The van der Waals surface area contributed by atoms with Crippen LogP contribution in [0.2, 0.25) is 5.02 Å². The van der Waals surface area contributed by atoms with Crippen molar-refractivity contribution >= 4 is 28.9 Å². The minimum absolute atomic E-state index is 0.114. The summed E-state index contributed by atoms with van der Waals surface area (Å²) in [7, 11) is 0. The lowest BCUT2D eigenvalue weighted by Crippen LogP contribution is -2.14. The highest BCUT2D eigenvalue weighted by atomic mass is 35.5. The number of rotatable bonds is 2. The number of anilines is 2. The predicted molar refractivity (Wildman–Crippen MR) is 75.0 cm³/mol. The first-order chi connectivity index (χ1) is 8.99. The molecule has 0 aliphatic carbocycles. The van der Waals surface area contributed by atoms with E-state index >= 15 is 0 Å². The molecule has 5 heteroatoms. The van der Waals surface area contributed by atoms with E-state index in [-0.39, 0.29) is 16.3 Å². The van der Waals surface area contributed by atoms with E-state index in [4.69, 9.17) is 17.3 Å². The first-order valence-electron chi connectivity index (χ1n) is 5.60. The zero-order chi connectivity index (χ0) is 14.0. The minimum Gasteiger partial charge on any atom is -0.398 e. The van der Waals surface area contributed by atoms with Crippen LogP contribution < -0.4 is 11.1 Å². The van der Waals surface area contributed by atoms with Gasteiger partial charge in [-0.25, -0.2) is 4.39 Å². The molecule has 98 valence electrons. The Morgan fingerprint density at radius 2 is 2.05 bits per heavy atom. The topological polar surface area (TPSA) is 55.1 Å². The van der Waals surface area contributed by atoms with Crippen molar-refractivity contribution < 1.29 is 9.18 Å². The highest BCUT2D eigenvalue weighted by Crippen LogP contribution is 2.24. The van der Waals surface area contributed by atoms with Gasteiger partial charge in [-0.1, -0.05) is 23.7 Å². The molecule has 2 rings (SSSR count). The van der Waals surface area contributed by atoms with Gasteiger partial charge in [0.25, 0.3) is 5.91 Å². The number of benzene rings is 2. The van der Waals surface area contributed by atoms with Gasteiger partial charge in [-0.3, -0.25) is 4.79 Å². The van der Waals surface area contributed by atoms with E-state index in [0.717, 1.165) is 5.56 Å². The standard InChI is InChI=1S/C14H12ClFN2O/c1-8-5-6-10(16)12(7-8)18-14(19)9-3-2-4-11(17)13(9)15/h2-7H,17H2,1H3,(H,18,19). The lowest BCUT2D eigenvalue weighted by Gasteiger charge is -2.09. The van der Waals surface area contributed by atoms with Crippen molar-refractivity contribution in [3.8, 4) is 0 Å². The SMILES string of the molecule is Cc1ccc(F)c(NC(=O)c2cccc(N)c2Cl)c1. The van der Waals surface area contributed by atoms with Crippen LogP contribution in [0.25, 0.3) is 0 Å². The van der Waals surface area contributed by atoms with Crippen LogP contribution in [0.4, 0.5) is 15.8 Å². The van der Waals surface area contributed by atoms with Gasteiger partial charge in [0.05, 0.1) is 22.0 Å². The van der Waals surface area contributed by atoms with Crippen molar-refractivity contribution in [3.05, 3.63) is 58.4 Å². The summed E-state index contributed by atoms with van der Waals surface area (Å²) in [6, 6.07) is 9.20. The van der Waals surface area contributed by atoms with Crippen LogP contribution in [0.5, 0.6) is 0 Å². The fraction of sp³-hybridized carbons (Fsp3) is 0.0714. The maximum Gasteiger partial charge on any atom is 0.257 e. The van der Waals surface area contributed by atoms with Crippen molar-refractivity contribution in [1.82, 2.24) is 0 Å². The lowest BCUT2D eigenvalue weighted by molar-refractivity contribution is 0.102. The van der Waals surface area contributed by atoms with Crippen LogP contribution in [-0.2, 0) is 0 Å². The summed E-state index contributed by atoms with van der Waals surface area (Å²) in [4.78, 5) is 12.0. The summed E-state index contributed by atoms with van der Waals surface area (Å²) in [5.74, 6) is -0.999. The highest BCUT2D eigenvalue weighted by Gasteiger charge is 2.14. The molecule has 2 aromatic rings. The van der Waals surface area contributed by atoms with E-state index < -0.39 is 11.7 Å². The van der Waals surface area contributed by atoms with E-state index in [1.807, 2.05) is 6.92 Å². The van der Waals surface area contributed by atoms with Gasteiger partial charge in [-0.05, 0) is 36.8 Å². The maximum absolute atomic E-state index is 13.6. The van der Waals surface area contributed by atoms with E-state index in [0.29, 0.717) is 5.69 Å². The molecule has 1 amide bonds. The molecule has 2 aromatic carbocycles. The Kier molecular flexibility index (Phi) is 3.71. The van der Waals surface area contributed by atoms with E-state index in [1.54, 1.807) is 24.3 Å². The second-order valence-electron chi connectivity index (χ2n) is 4.15. The van der Waals surface area contributed by atoms with Gasteiger partial charge in [-0.2, -0.15) is 0 Å². The van der Waals surface area contributed by atoms with Crippen molar-refractivity contribution in [2.75, 3.05) is 11.1 Å². The Labute approximate surface area is 115 Å². The molecule has 0 unspecified atom stereocenters. The smallest absolute Gasteiger partial charge is 0.257 e. The van der Waals surface area contributed by atoms with Crippen LogP contribution in [-0.4, -0.2) is 5.91 Å². The largest absolute Gasteiger partial charge is 0.398 e. The summed E-state index contributed by atoms with van der Waals surface area (Å²) < 4.78 is 13.6. The number of nitrogens with one attached hydrogen (secondary N) is 1. The molecule has 0 saturated heterocycles. The number of nitrogens with two attached hydrogens (primary N) is 1. The van der Waals surface area contributed by atoms with Gasteiger partial charge in [0.1, 0.15) is 5.82 Å². The Morgan fingerprint density at radius 3 is 2.79 bits per heavy atom. The van der Waals surface area contributed by atoms with Gasteiger partial charge in [0, 0.05) is 0 Å². The maximum atomic E-state index is 13.6. The summed E-state index contributed by atoms with van der Waals surface area (Å²) in [6.45, 7) is 1.81. The molecule has 0 heterocycles. The van der Waals surface area contributed by atoms with Crippen LogP contribution in [0.3, 0.4) is 0 Å². The fourth-order valence-corrected chi connectivity index (χ4v) is 1.86. The van der Waals surface area contributed by atoms with Crippen LogP contribution >= 0.6 is 11.6 Å². The average molecular weight is 279 g/mol. The first-order valence-corrected chi connectivity index (χ1v) is 5.98. The van der Waals surface area contributed by atoms with Gasteiger partial charge < -0.3 is 11.1 Å². The Balaban J connectivity index is 2.31. The first kappa shape index (κ1) is 13.4. The van der Waals surface area contributed by atoms with Crippen molar-refractivity contribution in [3.63, 3.8) is 0 Å². The van der Waals surface area contributed by atoms with Gasteiger partial charge in [0.15, 0.2) is 0 Å². The highest BCUT2D eigenvalue weighted by molar-refractivity contribution is 6.36. The number of carbonyl (C=O) groups excluding carboxylic acids is 1. The summed E-state index contributed by atoms with van der Waals surface area (Å²) in [5, 5.41) is 2.64. The molecular weight excluding hydrogens is 267 g/mol. The second kappa shape index (κ2) is 5.28. The molecule has 0 aromatic heterocycles. The van der Waals surface area contributed by atoms with Gasteiger partial charge in [0.2, 0.25) is 0 Å². The molecule has 0 radical (unpaired) electrons. The second-order valence-corrected chi connectivity index (χ2v) is 4.52. The fourth-order valence-electron chi connectivity index (χ4n) is 1.65. The third-order valence-electron chi connectivity index (χ3n) is 2.64. The van der Waals surface area contributed by atoms with Crippen LogP contribution in [0, 0.1) is 12.7 Å². The summed E-state index contributed by atoms with van der Waals surface area (Å²) in [5.41, 5.74) is 7.09. The number of carbonyl (C=O) groups is 1. The molecule has 3 nitrogen and oxygen atoms in total.